The summed E-state index contributed by atoms with van der Waals surface area (Å²) < 4.78 is 0. The van der Waals surface area contributed by atoms with Gasteiger partial charge in [-0.25, -0.2) is 0 Å². The molecule has 1 aromatic heterocycles. The van der Waals surface area contributed by atoms with Gasteiger partial charge in [-0.1, -0.05) is 54.6 Å². The van der Waals surface area contributed by atoms with Gasteiger partial charge in [0.05, 0.1) is 5.52 Å². The summed E-state index contributed by atoms with van der Waals surface area (Å²) in [5.74, 6) is 0. The molecule has 1 nitrogen and oxygen atoms in total. The third-order valence-corrected chi connectivity index (χ3v) is 4.83. The van der Waals surface area contributed by atoms with E-state index in [4.69, 9.17) is 4.98 Å². The molecule has 1 heteroatoms. The average molecular weight is 281 g/mol. The number of aryl methyl sites for hydroxylation is 1. The maximum absolute atomic E-state index is 4.81. The Morgan fingerprint density at radius 3 is 2.45 bits per heavy atom. The molecule has 0 atom stereocenters. The van der Waals surface area contributed by atoms with Gasteiger partial charge >= 0.3 is 0 Å². The van der Waals surface area contributed by atoms with Crippen molar-refractivity contribution in [3.8, 4) is 11.1 Å². The molecule has 0 aliphatic heterocycles. The number of benzene rings is 3. The van der Waals surface area contributed by atoms with E-state index in [1.54, 1.807) is 0 Å². The maximum Gasteiger partial charge on any atom is 0.0711 e. The predicted octanol–water partition coefficient (Wildman–Crippen LogP) is 5.27. The van der Waals surface area contributed by atoms with Crippen LogP contribution in [0.2, 0.25) is 0 Å². The highest BCUT2D eigenvalue weighted by Gasteiger charge is 2.25. The molecule has 0 radical (unpaired) electrons. The van der Waals surface area contributed by atoms with Crippen molar-refractivity contribution >= 4 is 21.7 Å². The fraction of sp³-hybridized carbons (Fsp3) is 0.0952. The molecule has 0 fully saturated rings. The van der Waals surface area contributed by atoms with Gasteiger partial charge in [0, 0.05) is 17.5 Å². The van der Waals surface area contributed by atoms with E-state index in [0.29, 0.717) is 0 Å². The SMILES string of the molecule is Cc1nc2ccccc2c2c1Cc1ccc3ccccc3c1-2. The highest BCUT2D eigenvalue weighted by molar-refractivity contribution is 6.09. The van der Waals surface area contributed by atoms with Gasteiger partial charge in [-0.15, -0.1) is 0 Å². The molecular weight excluding hydrogens is 266 g/mol. The zero-order valence-corrected chi connectivity index (χ0v) is 12.4. The van der Waals surface area contributed by atoms with Crippen LogP contribution in [0.15, 0.2) is 60.7 Å². The number of pyridine rings is 1. The van der Waals surface area contributed by atoms with Crippen molar-refractivity contribution in [2.24, 2.45) is 0 Å². The minimum Gasteiger partial charge on any atom is -0.253 e. The largest absolute Gasteiger partial charge is 0.253 e. The minimum absolute atomic E-state index is 0.999. The summed E-state index contributed by atoms with van der Waals surface area (Å²) in [7, 11) is 0. The van der Waals surface area contributed by atoms with Gasteiger partial charge < -0.3 is 0 Å². The molecule has 4 aromatic rings. The van der Waals surface area contributed by atoms with Gasteiger partial charge in [0.25, 0.3) is 0 Å². The quantitative estimate of drug-likeness (QED) is 0.377. The van der Waals surface area contributed by atoms with Crippen LogP contribution in [0.1, 0.15) is 16.8 Å². The first-order valence-corrected chi connectivity index (χ1v) is 7.72. The van der Waals surface area contributed by atoms with Gasteiger partial charge in [0.15, 0.2) is 0 Å². The fourth-order valence-corrected chi connectivity index (χ4v) is 3.83. The Kier molecular flexibility index (Phi) is 2.26. The molecule has 0 saturated carbocycles. The standard InChI is InChI=1S/C21H15N/c1-13-18-12-15-11-10-14-6-2-3-7-16(14)20(15)21(18)17-8-4-5-9-19(17)22-13/h2-11H,12H2,1H3. The van der Waals surface area contributed by atoms with E-state index in [0.717, 1.165) is 17.6 Å². The summed E-state index contributed by atoms with van der Waals surface area (Å²) in [6, 6.07) is 21.7. The summed E-state index contributed by atoms with van der Waals surface area (Å²) in [4.78, 5) is 4.81. The Labute approximate surface area is 129 Å². The Bertz CT molecular complexity index is 1060. The van der Waals surface area contributed by atoms with Crippen molar-refractivity contribution in [3.63, 3.8) is 0 Å². The van der Waals surface area contributed by atoms with Gasteiger partial charge in [0.2, 0.25) is 0 Å². The predicted molar refractivity (Wildman–Crippen MR) is 92.2 cm³/mol. The van der Waals surface area contributed by atoms with Gasteiger partial charge in [-0.3, -0.25) is 4.98 Å². The number of fused-ring (bicyclic) bond motifs is 7. The van der Waals surface area contributed by atoms with E-state index in [1.165, 1.54) is 38.4 Å². The van der Waals surface area contributed by atoms with Gasteiger partial charge in [-0.05, 0) is 46.0 Å². The second-order valence-electron chi connectivity index (χ2n) is 6.07. The number of para-hydroxylation sites is 1. The van der Waals surface area contributed by atoms with Gasteiger partial charge in [0.1, 0.15) is 0 Å². The Morgan fingerprint density at radius 1 is 0.773 bits per heavy atom. The topological polar surface area (TPSA) is 12.9 Å². The summed E-state index contributed by atoms with van der Waals surface area (Å²) >= 11 is 0. The lowest BCUT2D eigenvalue weighted by molar-refractivity contribution is 1.14. The van der Waals surface area contributed by atoms with Crippen LogP contribution in [0.3, 0.4) is 0 Å². The zero-order chi connectivity index (χ0) is 14.7. The van der Waals surface area contributed by atoms with Crippen LogP contribution < -0.4 is 0 Å². The molecule has 1 heterocycles. The molecule has 3 aromatic carbocycles. The number of aromatic nitrogens is 1. The third-order valence-electron chi connectivity index (χ3n) is 4.83. The molecule has 1 aliphatic carbocycles. The van der Waals surface area contributed by atoms with Crippen LogP contribution in [0.5, 0.6) is 0 Å². The van der Waals surface area contributed by atoms with Crippen LogP contribution in [0, 0.1) is 6.92 Å². The fourth-order valence-electron chi connectivity index (χ4n) is 3.83. The molecule has 0 bridgehead atoms. The van der Waals surface area contributed by atoms with Crippen LogP contribution >= 0.6 is 0 Å². The zero-order valence-electron chi connectivity index (χ0n) is 12.4. The molecule has 0 unspecified atom stereocenters. The maximum atomic E-state index is 4.81. The van der Waals surface area contributed by atoms with E-state index in [-0.39, 0.29) is 0 Å². The molecule has 0 N–H and O–H groups in total. The normalized spacial score (nSPS) is 12.6. The molecule has 0 spiro atoms. The summed E-state index contributed by atoms with van der Waals surface area (Å²) in [5.41, 5.74) is 7.89. The van der Waals surface area contributed by atoms with Gasteiger partial charge in [-0.2, -0.15) is 0 Å². The molecule has 5 rings (SSSR count). The average Bonchev–Trinajstić information content (AvgIpc) is 2.96. The summed E-state index contributed by atoms with van der Waals surface area (Å²) in [5, 5.41) is 3.94. The monoisotopic (exact) mass is 281 g/mol. The highest BCUT2D eigenvalue weighted by atomic mass is 14.7. The van der Waals surface area contributed by atoms with Crippen molar-refractivity contribution in [3.05, 3.63) is 77.5 Å². The Balaban J connectivity index is 2.02. The van der Waals surface area contributed by atoms with Crippen molar-refractivity contribution in [1.82, 2.24) is 4.98 Å². The molecule has 1 aliphatic rings. The van der Waals surface area contributed by atoms with Crippen molar-refractivity contribution < 1.29 is 0 Å². The molecule has 22 heavy (non-hydrogen) atoms. The number of hydrogen-bond acceptors (Lipinski definition) is 1. The van der Waals surface area contributed by atoms with E-state index >= 15 is 0 Å². The highest BCUT2D eigenvalue weighted by Crippen LogP contribution is 2.45. The first kappa shape index (κ1) is 11.9. The first-order chi connectivity index (χ1) is 10.8. The van der Waals surface area contributed by atoms with E-state index in [2.05, 4.69) is 67.6 Å². The number of rotatable bonds is 0. The van der Waals surface area contributed by atoms with Crippen LogP contribution in [-0.2, 0) is 6.42 Å². The lowest BCUT2D eigenvalue weighted by atomic mass is 9.95. The van der Waals surface area contributed by atoms with Crippen molar-refractivity contribution in [2.75, 3.05) is 0 Å². The first-order valence-electron chi connectivity index (χ1n) is 7.72. The van der Waals surface area contributed by atoms with E-state index in [9.17, 15) is 0 Å². The summed E-state index contributed by atoms with van der Waals surface area (Å²) in [6.07, 6.45) is 0.999. The molecular formula is C21H15N. The number of hydrogen-bond donors (Lipinski definition) is 0. The van der Waals surface area contributed by atoms with Crippen molar-refractivity contribution in [1.29, 1.82) is 0 Å². The van der Waals surface area contributed by atoms with E-state index in [1.807, 2.05) is 0 Å². The second-order valence-corrected chi connectivity index (χ2v) is 6.07. The lowest BCUT2D eigenvalue weighted by Crippen LogP contribution is -1.92. The molecule has 0 saturated heterocycles. The third kappa shape index (κ3) is 1.46. The smallest absolute Gasteiger partial charge is 0.0711 e. The molecule has 0 amide bonds. The Morgan fingerprint density at radius 2 is 1.55 bits per heavy atom. The summed E-state index contributed by atoms with van der Waals surface area (Å²) in [6.45, 7) is 2.14. The van der Waals surface area contributed by atoms with Crippen LogP contribution in [0.4, 0.5) is 0 Å². The van der Waals surface area contributed by atoms with Crippen LogP contribution in [-0.4, -0.2) is 4.98 Å². The minimum atomic E-state index is 0.999. The van der Waals surface area contributed by atoms with E-state index < -0.39 is 0 Å². The van der Waals surface area contributed by atoms with Crippen LogP contribution in [0.25, 0.3) is 32.8 Å². The number of nitrogens with zero attached hydrogens (tertiary/aromatic N) is 1. The Hall–Kier alpha value is -2.67. The van der Waals surface area contributed by atoms with Crippen molar-refractivity contribution in [2.45, 2.75) is 13.3 Å². The molecule has 104 valence electrons. The second kappa shape index (κ2) is 4.17. The lowest BCUT2D eigenvalue weighted by Gasteiger charge is -2.11.